The SMILES string of the molecule is Cc1ccc(-c2nc(NC(=O)CN(C)C)sc2C)c(C)c1. The molecule has 1 amide bonds. The van der Waals surface area contributed by atoms with E-state index in [0.717, 1.165) is 16.1 Å². The summed E-state index contributed by atoms with van der Waals surface area (Å²) >= 11 is 1.52. The fraction of sp³-hybridized carbons (Fsp3) is 0.375. The first-order valence-electron chi connectivity index (χ1n) is 6.86. The third-order valence-corrected chi connectivity index (χ3v) is 4.03. The Kier molecular flexibility index (Phi) is 4.75. The zero-order valence-electron chi connectivity index (χ0n) is 13.2. The molecule has 0 saturated heterocycles. The van der Waals surface area contributed by atoms with Crippen molar-refractivity contribution in [3.8, 4) is 11.3 Å². The van der Waals surface area contributed by atoms with E-state index in [0.29, 0.717) is 11.7 Å². The second kappa shape index (κ2) is 6.37. The summed E-state index contributed by atoms with van der Waals surface area (Å²) in [5.41, 5.74) is 4.53. The van der Waals surface area contributed by atoms with Gasteiger partial charge in [-0.3, -0.25) is 4.79 Å². The van der Waals surface area contributed by atoms with E-state index in [1.165, 1.54) is 22.5 Å². The minimum Gasteiger partial charge on any atom is -0.301 e. The van der Waals surface area contributed by atoms with Crippen LogP contribution < -0.4 is 5.32 Å². The highest BCUT2D eigenvalue weighted by atomic mass is 32.1. The van der Waals surface area contributed by atoms with Crippen LogP contribution in [0.3, 0.4) is 0 Å². The molecule has 5 heteroatoms. The number of carbonyl (C=O) groups excluding carboxylic acids is 1. The molecule has 0 atom stereocenters. The van der Waals surface area contributed by atoms with Gasteiger partial charge in [0.2, 0.25) is 5.91 Å². The molecule has 112 valence electrons. The van der Waals surface area contributed by atoms with E-state index in [2.05, 4.69) is 42.3 Å². The molecule has 2 aromatic rings. The first-order chi connectivity index (χ1) is 9.86. The number of thiazole rings is 1. The van der Waals surface area contributed by atoms with Gasteiger partial charge in [0.25, 0.3) is 0 Å². The minimum atomic E-state index is -0.0408. The van der Waals surface area contributed by atoms with Crippen LogP contribution in [0, 0.1) is 20.8 Å². The Bertz CT molecular complexity index is 662. The third kappa shape index (κ3) is 3.89. The topological polar surface area (TPSA) is 45.2 Å². The van der Waals surface area contributed by atoms with Gasteiger partial charge in [0.15, 0.2) is 5.13 Å². The number of amides is 1. The number of aromatic nitrogens is 1. The first-order valence-corrected chi connectivity index (χ1v) is 7.68. The molecule has 1 N–H and O–H groups in total. The van der Waals surface area contributed by atoms with Gasteiger partial charge < -0.3 is 10.2 Å². The maximum absolute atomic E-state index is 11.8. The summed E-state index contributed by atoms with van der Waals surface area (Å²) in [6.07, 6.45) is 0. The van der Waals surface area contributed by atoms with Crippen molar-refractivity contribution in [2.75, 3.05) is 26.0 Å². The molecule has 1 aromatic carbocycles. The Balaban J connectivity index is 2.25. The van der Waals surface area contributed by atoms with Gasteiger partial charge in [0, 0.05) is 10.4 Å². The zero-order chi connectivity index (χ0) is 15.6. The third-order valence-electron chi connectivity index (χ3n) is 3.14. The predicted molar refractivity (Wildman–Crippen MR) is 88.9 cm³/mol. The molecular weight excluding hydrogens is 282 g/mol. The lowest BCUT2D eigenvalue weighted by Gasteiger charge is -2.08. The van der Waals surface area contributed by atoms with Gasteiger partial charge in [-0.2, -0.15) is 0 Å². The number of hydrogen-bond donors (Lipinski definition) is 1. The van der Waals surface area contributed by atoms with E-state index in [9.17, 15) is 4.79 Å². The van der Waals surface area contributed by atoms with Gasteiger partial charge in [-0.15, -0.1) is 11.3 Å². The van der Waals surface area contributed by atoms with Crippen LogP contribution in [-0.4, -0.2) is 36.4 Å². The van der Waals surface area contributed by atoms with Crippen molar-refractivity contribution in [1.29, 1.82) is 0 Å². The molecule has 1 aromatic heterocycles. The predicted octanol–water partition coefficient (Wildman–Crippen LogP) is 3.24. The first kappa shape index (κ1) is 15.7. The van der Waals surface area contributed by atoms with Crippen molar-refractivity contribution >= 4 is 22.4 Å². The van der Waals surface area contributed by atoms with Gasteiger partial charge >= 0.3 is 0 Å². The number of rotatable bonds is 4. The highest BCUT2D eigenvalue weighted by Gasteiger charge is 2.14. The average Bonchev–Trinajstić information content (AvgIpc) is 2.68. The smallest absolute Gasteiger partial charge is 0.240 e. The van der Waals surface area contributed by atoms with Gasteiger partial charge in [-0.1, -0.05) is 23.8 Å². The van der Waals surface area contributed by atoms with Crippen LogP contribution in [0.4, 0.5) is 5.13 Å². The number of hydrogen-bond acceptors (Lipinski definition) is 4. The maximum atomic E-state index is 11.8. The van der Waals surface area contributed by atoms with Gasteiger partial charge in [0.1, 0.15) is 0 Å². The van der Waals surface area contributed by atoms with Crippen molar-refractivity contribution in [1.82, 2.24) is 9.88 Å². The van der Waals surface area contributed by atoms with E-state index in [1.54, 1.807) is 0 Å². The highest BCUT2D eigenvalue weighted by molar-refractivity contribution is 7.16. The number of nitrogens with one attached hydrogen (secondary N) is 1. The number of carbonyl (C=O) groups is 1. The van der Waals surface area contributed by atoms with Gasteiger partial charge in [0.05, 0.1) is 12.2 Å². The Morgan fingerprint density at radius 1 is 1.29 bits per heavy atom. The molecule has 0 spiro atoms. The van der Waals surface area contributed by atoms with Crippen LogP contribution in [0.5, 0.6) is 0 Å². The van der Waals surface area contributed by atoms with E-state index < -0.39 is 0 Å². The maximum Gasteiger partial charge on any atom is 0.240 e. The van der Waals surface area contributed by atoms with Crippen molar-refractivity contribution in [2.24, 2.45) is 0 Å². The summed E-state index contributed by atoms with van der Waals surface area (Å²) in [7, 11) is 3.74. The van der Waals surface area contributed by atoms with Crippen LogP contribution >= 0.6 is 11.3 Å². The van der Waals surface area contributed by atoms with Crippen molar-refractivity contribution in [3.63, 3.8) is 0 Å². The van der Waals surface area contributed by atoms with E-state index in [1.807, 2.05) is 25.9 Å². The molecule has 0 aliphatic carbocycles. The van der Waals surface area contributed by atoms with Crippen LogP contribution in [0.1, 0.15) is 16.0 Å². The Morgan fingerprint density at radius 3 is 2.62 bits per heavy atom. The molecule has 2 rings (SSSR count). The summed E-state index contributed by atoms with van der Waals surface area (Å²) < 4.78 is 0. The van der Waals surface area contributed by atoms with E-state index >= 15 is 0 Å². The number of likely N-dealkylation sites (N-methyl/N-ethyl adjacent to an activating group) is 1. The standard InChI is InChI=1S/C16H21N3OS/c1-10-6-7-13(11(2)8-10)15-12(3)21-16(18-15)17-14(20)9-19(4)5/h6-8H,9H2,1-5H3,(H,17,18,20). The molecule has 0 radical (unpaired) electrons. The lowest BCUT2D eigenvalue weighted by molar-refractivity contribution is -0.116. The largest absolute Gasteiger partial charge is 0.301 e. The second-order valence-corrected chi connectivity index (χ2v) is 6.73. The number of aryl methyl sites for hydroxylation is 3. The number of benzene rings is 1. The van der Waals surface area contributed by atoms with Crippen LogP contribution in [0.25, 0.3) is 11.3 Å². The molecule has 0 aliphatic rings. The van der Waals surface area contributed by atoms with Gasteiger partial charge in [-0.05, 0) is 40.4 Å². The molecule has 0 bridgehead atoms. The molecule has 0 fully saturated rings. The van der Waals surface area contributed by atoms with E-state index in [-0.39, 0.29) is 5.91 Å². The minimum absolute atomic E-state index is 0.0408. The number of nitrogens with zero attached hydrogens (tertiary/aromatic N) is 2. The summed E-state index contributed by atoms with van der Waals surface area (Å²) in [5, 5.41) is 3.52. The monoisotopic (exact) mass is 303 g/mol. The summed E-state index contributed by atoms with van der Waals surface area (Å²) in [4.78, 5) is 19.3. The number of anilines is 1. The second-order valence-electron chi connectivity index (χ2n) is 5.53. The molecule has 4 nitrogen and oxygen atoms in total. The van der Waals surface area contributed by atoms with Crippen LogP contribution in [-0.2, 0) is 4.79 Å². The fourth-order valence-corrected chi connectivity index (χ4v) is 3.07. The highest BCUT2D eigenvalue weighted by Crippen LogP contribution is 2.32. The fourth-order valence-electron chi connectivity index (χ4n) is 2.23. The lowest BCUT2D eigenvalue weighted by Crippen LogP contribution is -2.26. The van der Waals surface area contributed by atoms with Crippen LogP contribution in [0.2, 0.25) is 0 Å². The average molecular weight is 303 g/mol. The van der Waals surface area contributed by atoms with Crippen molar-refractivity contribution < 1.29 is 4.79 Å². The van der Waals surface area contributed by atoms with Crippen molar-refractivity contribution in [2.45, 2.75) is 20.8 Å². The Morgan fingerprint density at radius 2 is 2.00 bits per heavy atom. The summed E-state index contributed by atoms with van der Waals surface area (Å²) in [6, 6.07) is 6.34. The molecule has 1 heterocycles. The molecule has 0 unspecified atom stereocenters. The molecule has 21 heavy (non-hydrogen) atoms. The Labute approximate surface area is 129 Å². The van der Waals surface area contributed by atoms with Crippen LogP contribution in [0.15, 0.2) is 18.2 Å². The quantitative estimate of drug-likeness (QED) is 0.943. The lowest BCUT2D eigenvalue weighted by atomic mass is 10.0. The van der Waals surface area contributed by atoms with Crippen molar-refractivity contribution in [3.05, 3.63) is 34.2 Å². The summed E-state index contributed by atoms with van der Waals surface area (Å²) in [6.45, 7) is 6.56. The normalized spacial score (nSPS) is 11.0. The van der Waals surface area contributed by atoms with Gasteiger partial charge in [-0.25, -0.2) is 4.98 Å². The molecule has 0 aliphatic heterocycles. The molecular formula is C16H21N3OS. The summed E-state index contributed by atoms with van der Waals surface area (Å²) in [5.74, 6) is -0.0408. The molecule has 0 saturated carbocycles. The Hall–Kier alpha value is -1.72. The zero-order valence-corrected chi connectivity index (χ0v) is 14.0. The van der Waals surface area contributed by atoms with E-state index in [4.69, 9.17) is 0 Å².